The first-order chi connectivity index (χ1) is 13.0. The lowest BCUT2D eigenvalue weighted by Gasteiger charge is -2.08. The normalized spacial score (nSPS) is 17.0. The first-order valence-electron chi connectivity index (χ1n) is 8.52. The summed E-state index contributed by atoms with van der Waals surface area (Å²) in [6.07, 6.45) is 0. The number of amides is 1. The lowest BCUT2D eigenvalue weighted by Crippen LogP contribution is -2.11. The summed E-state index contributed by atoms with van der Waals surface area (Å²) >= 11 is 0. The maximum absolute atomic E-state index is 13.4. The maximum atomic E-state index is 13.4. The quantitative estimate of drug-likeness (QED) is 0.493. The van der Waals surface area contributed by atoms with Crippen molar-refractivity contribution in [3.63, 3.8) is 0 Å². The van der Waals surface area contributed by atoms with Crippen molar-refractivity contribution in [2.75, 3.05) is 23.8 Å². The Hall–Kier alpha value is -3.35. The van der Waals surface area contributed by atoms with Crippen molar-refractivity contribution >= 4 is 34.6 Å². The van der Waals surface area contributed by atoms with Crippen molar-refractivity contribution in [3.8, 4) is 0 Å². The second-order valence-corrected chi connectivity index (χ2v) is 6.28. The van der Waals surface area contributed by atoms with Gasteiger partial charge in [0.25, 0.3) is 5.91 Å². The first-order valence-corrected chi connectivity index (χ1v) is 8.52. The molecule has 0 atom stereocenters. The number of fused-ring (bicyclic) bond motifs is 2. The standard InChI is InChI=1S/C20H17FN2O4/c1-11(24)26-7-6-22-14-3-5-15-12(8-14)10-27-19(15)18-16-4-2-13(21)9-17(16)23-20(18)25/h2-5,8-9,22H,6-7,10H2,1H3,(H,23,25). The highest BCUT2D eigenvalue weighted by Crippen LogP contribution is 2.42. The molecule has 0 aliphatic carbocycles. The molecule has 2 aromatic rings. The van der Waals surface area contributed by atoms with Crippen molar-refractivity contribution < 1.29 is 23.5 Å². The van der Waals surface area contributed by atoms with Crippen LogP contribution in [0.5, 0.6) is 0 Å². The number of benzene rings is 2. The third-order valence-electron chi connectivity index (χ3n) is 4.41. The second kappa shape index (κ2) is 6.75. The van der Waals surface area contributed by atoms with Gasteiger partial charge in [-0.25, -0.2) is 4.39 Å². The molecule has 0 unspecified atom stereocenters. The molecule has 1 amide bonds. The van der Waals surface area contributed by atoms with Crippen LogP contribution >= 0.6 is 0 Å². The number of halogens is 1. The largest absolute Gasteiger partial charge is 0.487 e. The van der Waals surface area contributed by atoms with Crippen LogP contribution < -0.4 is 10.6 Å². The van der Waals surface area contributed by atoms with E-state index in [1.54, 1.807) is 6.07 Å². The van der Waals surface area contributed by atoms with E-state index in [1.165, 1.54) is 19.1 Å². The summed E-state index contributed by atoms with van der Waals surface area (Å²) in [5.41, 5.74) is 4.14. The fraction of sp³-hybridized carbons (Fsp3) is 0.200. The number of carbonyl (C=O) groups excluding carboxylic acids is 2. The smallest absolute Gasteiger partial charge is 0.302 e. The molecule has 2 aliphatic rings. The predicted molar refractivity (Wildman–Crippen MR) is 98.2 cm³/mol. The molecular weight excluding hydrogens is 351 g/mol. The van der Waals surface area contributed by atoms with E-state index in [0.29, 0.717) is 35.7 Å². The van der Waals surface area contributed by atoms with E-state index >= 15 is 0 Å². The van der Waals surface area contributed by atoms with Crippen molar-refractivity contribution in [2.45, 2.75) is 13.5 Å². The molecule has 7 heteroatoms. The molecule has 0 radical (unpaired) electrons. The van der Waals surface area contributed by atoms with E-state index < -0.39 is 5.82 Å². The number of hydrogen-bond donors (Lipinski definition) is 2. The first kappa shape index (κ1) is 17.1. The van der Waals surface area contributed by atoms with E-state index in [1.807, 2.05) is 18.2 Å². The van der Waals surface area contributed by atoms with Crippen LogP contribution in [0, 0.1) is 5.82 Å². The van der Waals surface area contributed by atoms with Crippen molar-refractivity contribution in [3.05, 3.63) is 58.9 Å². The number of ether oxygens (including phenoxy) is 2. The highest BCUT2D eigenvalue weighted by atomic mass is 19.1. The van der Waals surface area contributed by atoms with Crippen LogP contribution in [0.15, 0.2) is 36.4 Å². The minimum absolute atomic E-state index is 0.283. The molecule has 0 bridgehead atoms. The van der Waals surface area contributed by atoms with Crippen LogP contribution in [0.4, 0.5) is 15.8 Å². The summed E-state index contributed by atoms with van der Waals surface area (Å²) in [7, 11) is 0. The van der Waals surface area contributed by atoms with Gasteiger partial charge in [0, 0.05) is 35.8 Å². The van der Waals surface area contributed by atoms with Gasteiger partial charge in [-0.3, -0.25) is 9.59 Å². The molecule has 0 saturated carbocycles. The minimum Gasteiger partial charge on any atom is -0.487 e. The third-order valence-corrected chi connectivity index (χ3v) is 4.41. The van der Waals surface area contributed by atoms with Crippen LogP contribution in [0.25, 0.3) is 11.3 Å². The summed E-state index contributed by atoms with van der Waals surface area (Å²) in [6.45, 7) is 2.49. The maximum Gasteiger partial charge on any atom is 0.302 e. The van der Waals surface area contributed by atoms with Gasteiger partial charge in [0.1, 0.15) is 24.8 Å². The molecule has 2 N–H and O–H groups in total. The summed E-state index contributed by atoms with van der Waals surface area (Å²) < 4.78 is 24.1. The SMILES string of the molecule is CC(=O)OCCNc1ccc2c(c1)COC2=C1C(=O)Nc2cc(F)ccc21. The predicted octanol–water partition coefficient (Wildman–Crippen LogP) is 3.15. The molecule has 0 saturated heterocycles. The molecular formula is C20H17FN2O4. The number of carbonyl (C=O) groups is 2. The van der Waals surface area contributed by atoms with Crippen molar-refractivity contribution in [1.82, 2.24) is 0 Å². The topological polar surface area (TPSA) is 76.7 Å². The Bertz CT molecular complexity index is 984. The van der Waals surface area contributed by atoms with E-state index in [4.69, 9.17) is 9.47 Å². The molecule has 0 aromatic heterocycles. The molecule has 4 rings (SSSR count). The fourth-order valence-corrected chi connectivity index (χ4v) is 3.24. The van der Waals surface area contributed by atoms with Gasteiger partial charge >= 0.3 is 5.97 Å². The highest BCUT2D eigenvalue weighted by Gasteiger charge is 2.32. The van der Waals surface area contributed by atoms with Gasteiger partial charge in [-0.15, -0.1) is 0 Å². The van der Waals surface area contributed by atoms with Gasteiger partial charge < -0.3 is 20.1 Å². The number of nitrogens with one attached hydrogen (secondary N) is 2. The zero-order valence-corrected chi connectivity index (χ0v) is 14.6. The van der Waals surface area contributed by atoms with Crippen molar-refractivity contribution in [2.24, 2.45) is 0 Å². The molecule has 0 spiro atoms. The lowest BCUT2D eigenvalue weighted by atomic mass is 10.00. The average Bonchev–Trinajstić information content (AvgIpc) is 3.17. The van der Waals surface area contributed by atoms with Crippen molar-refractivity contribution in [1.29, 1.82) is 0 Å². The molecule has 2 aliphatic heterocycles. The van der Waals surface area contributed by atoms with Gasteiger partial charge in [0.05, 0.1) is 11.3 Å². The second-order valence-electron chi connectivity index (χ2n) is 6.28. The zero-order chi connectivity index (χ0) is 19.0. The fourth-order valence-electron chi connectivity index (χ4n) is 3.24. The summed E-state index contributed by atoms with van der Waals surface area (Å²) in [5.74, 6) is -0.524. The monoisotopic (exact) mass is 368 g/mol. The number of esters is 1. The Balaban J connectivity index is 1.60. The van der Waals surface area contributed by atoms with Gasteiger partial charge in [0.2, 0.25) is 0 Å². The summed E-state index contributed by atoms with van der Waals surface area (Å²) in [4.78, 5) is 23.2. The Morgan fingerprint density at radius 2 is 2.07 bits per heavy atom. The number of anilines is 2. The van der Waals surface area contributed by atoms with E-state index in [9.17, 15) is 14.0 Å². The third kappa shape index (κ3) is 3.23. The van der Waals surface area contributed by atoms with Gasteiger partial charge in [0.15, 0.2) is 0 Å². The highest BCUT2D eigenvalue weighted by molar-refractivity contribution is 6.36. The Morgan fingerprint density at radius 3 is 2.89 bits per heavy atom. The van der Waals surface area contributed by atoms with Crippen LogP contribution in [0.2, 0.25) is 0 Å². The van der Waals surface area contributed by atoms with Gasteiger partial charge in [-0.1, -0.05) is 0 Å². The molecule has 6 nitrogen and oxygen atoms in total. The van der Waals surface area contributed by atoms with Crippen LogP contribution in [-0.4, -0.2) is 25.0 Å². The number of hydrogen-bond acceptors (Lipinski definition) is 5. The van der Waals surface area contributed by atoms with Gasteiger partial charge in [-0.2, -0.15) is 0 Å². The van der Waals surface area contributed by atoms with E-state index in [2.05, 4.69) is 10.6 Å². The molecule has 138 valence electrons. The van der Waals surface area contributed by atoms with Crippen LogP contribution in [0.3, 0.4) is 0 Å². The average molecular weight is 368 g/mol. The van der Waals surface area contributed by atoms with E-state index in [-0.39, 0.29) is 18.5 Å². The molecule has 2 aromatic carbocycles. The summed E-state index contributed by atoms with van der Waals surface area (Å²) in [6, 6.07) is 9.90. The molecule has 0 fully saturated rings. The Morgan fingerprint density at radius 1 is 1.26 bits per heavy atom. The van der Waals surface area contributed by atoms with E-state index in [0.717, 1.165) is 16.8 Å². The summed E-state index contributed by atoms with van der Waals surface area (Å²) in [5, 5.41) is 5.86. The van der Waals surface area contributed by atoms with Crippen LogP contribution in [0.1, 0.15) is 23.6 Å². The molecule has 2 heterocycles. The van der Waals surface area contributed by atoms with Gasteiger partial charge in [-0.05, 0) is 36.4 Å². The van der Waals surface area contributed by atoms with Crippen LogP contribution in [-0.2, 0) is 25.7 Å². The Labute approximate surface area is 155 Å². The zero-order valence-electron chi connectivity index (χ0n) is 14.6. The minimum atomic E-state index is -0.405. The lowest BCUT2D eigenvalue weighted by molar-refractivity contribution is -0.140. The Kier molecular flexibility index (Phi) is 4.27. The number of rotatable bonds is 4. The molecule has 27 heavy (non-hydrogen) atoms.